The lowest BCUT2D eigenvalue weighted by Gasteiger charge is -2.29. The van der Waals surface area contributed by atoms with Gasteiger partial charge < -0.3 is 4.90 Å². The molecule has 22 heavy (non-hydrogen) atoms. The summed E-state index contributed by atoms with van der Waals surface area (Å²) in [6.45, 7) is 1.11. The monoisotopic (exact) mass is 310 g/mol. The summed E-state index contributed by atoms with van der Waals surface area (Å²) in [6, 6.07) is 19.3. The van der Waals surface area contributed by atoms with Crippen LogP contribution >= 0.6 is 11.6 Å². The summed E-state index contributed by atoms with van der Waals surface area (Å²) in [5.41, 5.74) is 2.56. The predicted molar refractivity (Wildman–Crippen MR) is 91.3 cm³/mol. The molecular weight excluding hydrogens is 292 g/mol. The van der Waals surface area contributed by atoms with Crippen molar-refractivity contribution in [1.82, 2.24) is 4.90 Å². The van der Waals surface area contributed by atoms with Crippen LogP contribution in [-0.4, -0.2) is 17.8 Å². The molecule has 0 amide bonds. The molecule has 1 fully saturated rings. The van der Waals surface area contributed by atoms with Crippen LogP contribution in [0.25, 0.3) is 0 Å². The Bertz CT molecular complexity index is 662. The number of aliphatic imine (C=N–C) groups is 1. The smallest absolute Gasteiger partial charge is 0.101 e. The van der Waals surface area contributed by atoms with Crippen LogP contribution in [0.5, 0.6) is 0 Å². The van der Waals surface area contributed by atoms with E-state index >= 15 is 0 Å². The molecule has 2 atom stereocenters. The van der Waals surface area contributed by atoms with E-state index in [9.17, 15) is 0 Å². The molecular formula is C19H19ClN2. The first kappa shape index (κ1) is 13.8. The lowest BCUT2D eigenvalue weighted by molar-refractivity contribution is 0.306. The molecule has 3 heteroatoms. The van der Waals surface area contributed by atoms with Crippen LogP contribution in [0.1, 0.15) is 36.1 Å². The zero-order valence-electron chi connectivity index (χ0n) is 12.4. The first-order valence-electron chi connectivity index (χ1n) is 7.91. The third-order valence-corrected chi connectivity index (χ3v) is 4.80. The maximum atomic E-state index is 6.06. The molecule has 1 aliphatic heterocycles. The highest BCUT2D eigenvalue weighted by Crippen LogP contribution is 2.42. The fraction of sp³-hybridized carbons (Fsp3) is 0.316. The zero-order chi connectivity index (χ0) is 14.9. The van der Waals surface area contributed by atoms with Crippen molar-refractivity contribution in [3.05, 3.63) is 70.7 Å². The summed E-state index contributed by atoms with van der Waals surface area (Å²) in [5, 5.41) is 0.785. The van der Waals surface area contributed by atoms with E-state index in [1.54, 1.807) is 0 Å². The average Bonchev–Trinajstić information content (AvgIpc) is 3.27. The normalized spacial score (nSPS) is 24.0. The van der Waals surface area contributed by atoms with Gasteiger partial charge in [-0.1, -0.05) is 54.1 Å². The van der Waals surface area contributed by atoms with Gasteiger partial charge in [-0.3, -0.25) is 4.99 Å². The van der Waals surface area contributed by atoms with Crippen LogP contribution in [0.2, 0.25) is 5.02 Å². The van der Waals surface area contributed by atoms with E-state index in [0.717, 1.165) is 17.5 Å². The molecule has 0 N–H and O–H groups in total. The highest BCUT2D eigenvalue weighted by molar-refractivity contribution is 6.30. The maximum absolute atomic E-state index is 6.06. The van der Waals surface area contributed by atoms with Gasteiger partial charge in [-0.2, -0.15) is 0 Å². The second-order valence-electron chi connectivity index (χ2n) is 6.26. The molecule has 1 heterocycles. The van der Waals surface area contributed by atoms with Crippen molar-refractivity contribution >= 4 is 17.9 Å². The van der Waals surface area contributed by atoms with Crippen molar-refractivity contribution < 1.29 is 0 Å². The molecule has 0 radical (unpaired) electrons. The minimum absolute atomic E-state index is 0.168. The van der Waals surface area contributed by atoms with Crippen LogP contribution in [0.15, 0.2) is 59.6 Å². The van der Waals surface area contributed by atoms with Crippen molar-refractivity contribution in [3.8, 4) is 0 Å². The Labute approximate surface area is 136 Å². The third-order valence-electron chi connectivity index (χ3n) is 4.55. The van der Waals surface area contributed by atoms with Gasteiger partial charge in [-0.15, -0.1) is 0 Å². The van der Waals surface area contributed by atoms with E-state index in [0.29, 0.717) is 0 Å². The van der Waals surface area contributed by atoms with Crippen molar-refractivity contribution in [2.75, 3.05) is 6.54 Å². The first-order valence-corrected chi connectivity index (χ1v) is 8.28. The standard InChI is InChI=1S/C19H19ClN2/c20-17-10-8-16(9-11-17)19-18(15-4-2-1-3-5-15)21-13-22(19)12-14-6-7-14/h1-5,8-11,13-14,18-19H,6-7,12H2. The highest BCUT2D eigenvalue weighted by Gasteiger charge is 2.36. The van der Waals surface area contributed by atoms with Crippen molar-refractivity contribution in [1.29, 1.82) is 0 Å². The fourth-order valence-electron chi connectivity index (χ4n) is 3.20. The minimum atomic E-state index is 0.168. The summed E-state index contributed by atoms with van der Waals surface area (Å²) in [4.78, 5) is 7.23. The Morgan fingerprint density at radius 1 is 0.955 bits per heavy atom. The van der Waals surface area contributed by atoms with Gasteiger partial charge in [-0.25, -0.2) is 0 Å². The lowest BCUT2D eigenvalue weighted by atomic mass is 9.93. The Hall–Kier alpha value is -1.80. The summed E-state index contributed by atoms with van der Waals surface area (Å²) in [7, 11) is 0. The molecule has 0 aromatic heterocycles. The molecule has 4 rings (SSSR count). The minimum Gasteiger partial charge on any atom is -0.353 e. The molecule has 2 aromatic rings. The van der Waals surface area contributed by atoms with Gasteiger partial charge in [0.2, 0.25) is 0 Å². The number of hydrogen-bond acceptors (Lipinski definition) is 2. The SMILES string of the molecule is Clc1ccc(C2C(c3ccccc3)N=CN2CC2CC2)cc1. The van der Waals surface area contributed by atoms with Crippen LogP contribution in [0, 0.1) is 5.92 Å². The Kier molecular flexibility index (Phi) is 3.63. The van der Waals surface area contributed by atoms with Gasteiger partial charge >= 0.3 is 0 Å². The molecule has 1 saturated carbocycles. The van der Waals surface area contributed by atoms with E-state index in [2.05, 4.69) is 53.7 Å². The quantitative estimate of drug-likeness (QED) is 0.786. The number of benzene rings is 2. The maximum Gasteiger partial charge on any atom is 0.101 e. The van der Waals surface area contributed by atoms with Crippen LogP contribution in [-0.2, 0) is 0 Å². The van der Waals surface area contributed by atoms with Crippen LogP contribution in [0.3, 0.4) is 0 Å². The molecule has 2 unspecified atom stereocenters. The third kappa shape index (κ3) is 2.76. The largest absolute Gasteiger partial charge is 0.353 e. The van der Waals surface area contributed by atoms with Gasteiger partial charge in [0.25, 0.3) is 0 Å². The number of halogens is 1. The van der Waals surface area contributed by atoms with Crippen LogP contribution in [0.4, 0.5) is 0 Å². The topological polar surface area (TPSA) is 15.6 Å². The average molecular weight is 311 g/mol. The molecule has 112 valence electrons. The highest BCUT2D eigenvalue weighted by atomic mass is 35.5. The molecule has 0 saturated heterocycles. The molecule has 1 aliphatic carbocycles. The molecule has 2 nitrogen and oxygen atoms in total. The van der Waals surface area contributed by atoms with Crippen LogP contribution < -0.4 is 0 Å². The predicted octanol–water partition coefficient (Wildman–Crippen LogP) is 4.88. The first-order chi connectivity index (χ1) is 10.8. The van der Waals surface area contributed by atoms with Gasteiger partial charge in [0.05, 0.1) is 12.4 Å². The van der Waals surface area contributed by atoms with Gasteiger partial charge in [-0.05, 0) is 42.0 Å². The molecule has 0 bridgehead atoms. The second kappa shape index (κ2) is 5.77. The zero-order valence-corrected chi connectivity index (χ0v) is 13.2. The number of hydrogen-bond donors (Lipinski definition) is 0. The van der Waals surface area contributed by atoms with Gasteiger partial charge in [0.15, 0.2) is 0 Å². The summed E-state index contributed by atoms with van der Waals surface area (Å²) >= 11 is 6.06. The van der Waals surface area contributed by atoms with E-state index in [1.807, 2.05) is 12.1 Å². The molecule has 0 spiro atoms. The van der Waals surface area contributed by atoms with Gasteiger partial charge in [0, 0.05) is 11.6 Å². The molecule has 2 aliphatic rings. The Balaban J connectivity index is 1.67. The van der Waals surface area contributed by atoms with E-state index in [4.69, 9.17) is 16.6 Å². The summed E-state index contributed by atoms with van der Waals surface area (Å²) in [6.07, 6.45) is 4.76. The second-order valence-corrected chi connectivity index (χ2v) is 6.69. The Morgan fingerprint density at radius 3 is 2.36 bits per heavy atom. The van der Waals surface area contributed by atoms with Crippen molar-refractivity contribution in [2.24, 2.45) is 10.9 Å². The number of nitrogens with zero attached hydrogens (tertiary/aromatic N) is 2. The van der Waals surface area contributed by atoms with Gasteiger partial charge in [0.1, 0.15) is 6.04 Å². The van der Waals surface area contributed by atoms with E-state index < -0.39 is 0 Å². The molecule has 2 aromatic carbocycles. The fourth-order valence-corrected chi connectivity index (χ4v) is 3.33. The summed E-state index contributed by atoms with van der Waals surface area (Å²) in [5.74, 6) is 0.843. The van der Waals surface area contributed by atoms with Crippen molar-refractivity contribution in [3.63, 3.8) is 0 Å². The lowest BCUT2D eigenvalue weighted by Crippen LogP contribution is -2.28. The van der Waals surface area contributed by atoms with E-state index in [-0.39, 0.29) is 12.1 Å². The van der Waals surface area contributed by atoms with E-state index in [1.165, 1.54) is 24.0 Å². The summed E-state index contributed by atoms with van der Waals surface area (Å²) < 4.78 is 0. The Morgan fingerprint density at radius 2 is 1.68 bits per heavy atom. The van der Waals surface area contributed by atoms with Crippen molar-refractivity contribution in [2.45, 2.75) is 24.9 Å². The number of rotatable bonds is 4.